The van der Waals surface area contributed by atoms with Crippen LogP contribution in [0.2, 0.25) is 0 Å². The molecule has 1 saturated carbocycles. The van der Waals surface area contributed by atoms with Crippen LogP contribution in [0.15, 0.2) is 48.8 Å². The van der Waals surface area contributed by atoms with Crippen LogP contribution in [0.3, 0.4) is 0 Å². The lowest BCUT2D eigenvalue weighted by molar-refractivity contribution is -0.0208. The minimum atomic E-state index is -2.75. The van der Waals surface area contributed by atoms with Crippen molar-refractivity contribution in [3.63, 3.8) is 0 Å². The molecule has 4 aromatic rings. The average Bonchev–Trinajstić information content (AvgIpc) is 3.51. The molecule has 10 heteroatoms. The fraction of sp³-hybridized carbons (Fsp3) is 0.360. The van der Waals surface area contributed by atoms with Crippen LogP contribution in [-0.4, -0.2) is 48.3 Å². The van der Waals surface area contributed by atoms with Gasteiger partial charge in [0.1, 0.15) is 18.0 Å². The van der Waals surface area contributed by atoms with Crippen LogP contribution in [0, 0.1) is 12.8 Å². The van der Waals surface area contributed by atoms with Gasteiger partial charge in [0.2, 0.25) is 0 Å². The van der Waals surface area contributed by atoms with Gasteiger partial charge in [-0.3, -0.25) is 4.57 Å². The molecule has 1 aliphatic carbocycles. The van der Waals surface area contributed by atoms with Crippen molar-refractivity contribution in [2.45, 2.75) is 44.8 Å². The Morgan fingerprint density at radius 2 is 2.00 bits per heavy atom. The highest BCUT2D eigenvalue weighted by Gasteiger charge is 2.57. The van der Waals surface area contributed by atoms with Gasteiger partial charge in [-0.15, -0.1) is 5.10 Å². The average molecular weight is 478 g/mol. The first-order chi connectivity index (χ1) is 16.8. The van der Waals surface area contributed by atoms with Crippen molar-refractivity contribution < 1.29 is 13.9 Å². The summed E-state index contributed by atoms with van der Waals surface area (Å²) in [7, 11) is 0. The summed E-state index contributed by atoms with van der Waals surface area (Å²) in [5, 5.41) is 21.7. The highest BCUT2D eigenvalue weighted by Crippen LogP contribution is 2.49. The lowest BCUT2D eigenvalue weighted by Crippen LogP contribution is -2.46. The number of hydrogen-bond donors (Lipinski definition) is 2. The molecule has 6 rings (SSSR count). The number of rotatable bonds is 5. The summed E-state index contributed by atoms with van der Waals surface area (Å²) in [6, 6.07) is 12.1. The third kappa shape index (κ3) is 3.78. The maximum Gasteiger partial charge on any atom is 0.268 e. The zero-order valence-electron chi connectivity index (χ0n) is 19.4. The molecule has 3 aromatic heterocycles. The third-order valence-electron chi connectivity index (χ3n) is 6.91. The fourth-order valence-electron chi connectivity index (χ4n) is 5.25. The highest BCUT2D eigenvalue weighted by atomic mass is 19.3. The second-order valence-electron chi connectivity index (χ2n) is 9.50. The predicted molar refractivity (Wildman–Crippen MR) is 128 cm³/mol. The predicted octanol–water partition coefficient (Wildman–Crippen LogP) is 4.55. The van der Waals surface area contributed by atoms with E-state index < -0.39 is 18.1 Å². The number of nitrogens with one attached hydrogen (secondary N) is 1. The molecule has 0 amide bonds. The number of aromatic nitrogens is 5. The number of fused-ring (bicyclic) bond motifs is 3. The van der Waals surface area contributed by atoms with Crippen LogP contribution in [0.25, 0.3) is 16.9 Å². The number of pyridine rings is 1. The van der Waals surface area contributed by atoms with Gasteiger partial charge < -0.3 is 15.3 Å². The van der Waals surface area contributed by atoms with E-state index in [1.165, 1.54) is 0 Å². The summed E-state index contributed by atoms with van der Waals surface area (Å²) < 4.78 is 30.9. The smallest absolute Gasteiger partial charge is 0.268 e. The lowest BCUT2D eigenvalue weighted by atomic mass is 10.1. The summed E-state index contributed by atoms with van der Waals surface area (Å²) in [6.45, 7) is 4.03. The number of anilines is 3. The van der Waals surface area contributed by atoms with Gasteiger partial charge in [0.05, 0.1) is 28.9 Å². The maximum absolute atomic E-state index is 14.5. The lowest BCUT2D eigenvalue weighted by Gasteiger charge is -2.35. The van der Waals surface area contributed by atoms with Gasteiger partial charge in [-0.25, -0.2) is 18.7 Å². The van der Waals surface area contributed by atoms with Gasteiger partial charge in [0.25, 0.3) is 5.92 Å². The van der Waals surface area contributed by atoms with Gasteiger partial charge in [-0.05, 0) is 68.7 Å². The monoisotopic (exact) mass is 477 g/mol. The Morgan fingerprint density at radius 1 is 1.14 bits per heavy atom. The number of alkyl halides is 2. The van der Waals surface area contributed by atoms with Gasteiger partial charge in [0, 0.05) is 24.2 Å². The van der Waals surface area contributed by atoms with E-state index in [9.17, 15) is 13.9 Å². The first kappa shape index (κ1) is 21.8. The van der Waals surface area contributed by atoms with Crippen molar-refractivity contribution in [1.82, 2.24) is 24.7 Å². The molecule has 1 aliphatic heterocycles. The zero-order valence-corrected chi connectivity index (χ0v) is 19.4. The Labute approximate surface area is 200 Å². The van der Waals surface area contributed by atoms with Gasteiger partial charge in [-0.1, -0.05) is 0 Å². The molecule has 0 spiro atoms. The van der Waals surface area contributed by atoms with Crippen LogP contribution >= 0.6 is 0 Å². The first-order valence-corrected chi connectivity index (χ1v) is 11.7. The summed E-state index contributed by atoms with van der Waals surface area (Å²) in [4.78, 5) is 11.0. The number of halogens is 2. The van der Waals surface area contributed by atoms with E-state index in [1.54, 1.807) is 30.3 Å². The Morgan fingerprint density at radius 3 is 2.71 bits per heavy atom. The summed E-state index contributed by atoms with van der Waals surface area (Å²) in [6.07, 6.45) is 1.22. The number of piperidine rings is 1. The zero-order chi connectivity index (χ0) is 24.3. The SMILES string of the molecule is Cc1ccc(Nc2ccc3c(c2)ncn3-c2ccc(C(C)O)c(N3CC4CC3C(F)(F)C4)n2)nn1. The van der Waals surface area contributed by atoms with Crippen molar-refractivity contribution in [3.8, 4) is 5.82 Å². The Bertz CT molecular complexity index is 1400. The van der Waals surface area contributed by atoms with Crippen molar-refractivity contribution in [1.29, 1.82) is 0 Å². The van der Waals surface area contributed by atoms with Crippen LogP contribution < -0.4 is 10.2 Å². The van der Waals surface area contributed by atoms with Crippen LogP contribution in [0.4, 0.5) is 26.1 Å². The molecule has 4 heterocycles. The molecular weight excluding hydrogens is 452 g/mol. The van der Waals surface area contributed by atoms with E-state index in [0.717, 1.165) is 22.4 Å². The second-order valence-corrected chi connectivity index (χ2v) is 9.50. The molecule has 1 aromatic carbocycles. The standard InChI is InChI=1S/C25H25F2N7O/c1-14-3-7-22(32-31-14)29-17-4-6-20-19(10-17)28-13-34(20)23-8-5-18(15(2)35)24(30-23)33-12-16-9-21(33)25(26,27)11-16/h3-8,10,13,15-16,21,35H,9,11-12H2,1-2H3,(H,29,32). The summed E-state index contributed by atoms with van der Waals surface area (Å²) >= 11 is 0. The number of aryl methyl sites for hydroxylation is 1. The summed E-state index contributed by atoms with van der Waals surface area (Å²) in [5.74, 6) is -1.19. The van der Waals surface area contributed by atoms with E-state index in [-0.39, 0.29) is 12.3 Å². The molecule has 1 saturated heterocycles. The molecule has 2 aliphatic rings. The van der Waals surface area contributed by atoms with Crippen molar-refractivity contribution in [3.05, 3.63) is 60.0 Å². The van der Waals surface area contributed by atoms with E-state index >= 15 is 0 Å². The van der Waals surface area contributed by atoms with E-state index in [4.69, 9.17) is 4.98 Å². The number of benzene rings is 1. The summed E-state index contributed by atoms with van der Waals surface area (Å²) in [5.41, 5.74) is 3.76. The minimum absolute atomic E-state index is 0.0551. The molecule has 2 bridgehead atoms. The van der Waals surface area contributed by atoms with E-state index in [0.29, 0.717) is 36.0 Å². The number of imidazole rings is 1. The number of hydrogen-bond acceptors (Lipinski definition) is 7. The second kappa shape index (κ2) is 7.94. The molecule has 3 unspecified atom stereocenters. The molecular formula is C25H25F2N7O. The van der Waals surface area contributed by atoms with Crippen molar-refractivity contribution >= 4 is 28.4 Å². The van der Waals surface area contributed by atoms with Crippen molar-refractivity contribution in [2.75, 3.05) is 16.8 Å². The number of aliphatic hydroxyl groups excluding tert-OH is 1. The van der Waals surface area contributed by atoms with Crippen LogP contribution in [0.1, 0.15) is 37.1 Å². The van der Waals surface area contributed by atoms with Crippen molar-refractivity contribution in [2.24, 2.45) is 5.92 Å². The normalized spacial score (nSPS) is 21.6. The van der Waals surface area contributed by atoms with Gasteiger partial charge in [-0.2, -0.15) is 5.10 Å². The topological polar surface area (TPSA) is 92.0 Å². The highest BCUT2D eigenvalue weighted by molar-refractivity contribution is 5.82. The molecule has 0 radical (unpaired) electrons. The number of aliphatic hydroxyl groups is 1. The molecule has 2 fully saturated rings. The minimum Gasteiger partial charge on any atom is -0.389 e. The molecule has 2 N–H and O–H groups in total. The number of nitrogens with zero attached hydrogens (tertiary/aromatic N) is 6. The molecule has 180 valence electrons. The van der Waals surface area contributed by atoms with Gasteiger partial charge in [0.15, 0.2) is 5.82 Å². The molecule has 8 nitrogen and oxygen atoms in total. The fourth-order valence-corrected chi connectivity index (χ4v) is 5.25. The quantitative estimate of drug-likeness (QED) is 0.436. The first-order valence-electron chi connectivity index (χ1n) is 11.7. The van der Waals surface area contributed by atoms with Crippen LogP contribution in [0.5, 0.6) is 0 Å². The third-order valence-corrected chi connectivity index (χ3v) is 6.91. The Balaban J connectivity index is 1.35. The van der Waals surface area contributed by atoms with Crippen LogP contribution in [-0.2, 0) is 0 Å². The van der Waals surface area contributed by atoms with Gasteiger partial charge >= 0.3 is 0 Å². The van der Waals surface area contributed by atoms with E-state index in [1.807, 2.05) is 41.8 Å². The largest absolute Gasteiger partial charge is 0.389 e. The molecule has 35 heavy (non-hydrogen) atoms. The maximum atomic E-state index is 14.5. The Hall–Kier alpha value is -3.66. The molecule has 3 atom stereocenters. The Kier molecular flexibility index (Phi) is 4.96. The van der Waals surface area contributed by atoms with E-state index in [2.05, 4.69) is 20.5 Å².